The van der Waals surface area contributed by atoms with E-state index in [1.54, 1.807) is 0 Å². The Hall–Kier alpha value is -0.350. The van der Waals surface area contributed by atoms with Gasteiger partial charge >= 0.3 is 0 Å². The molecule has 0 saturated heterocycles. The van der Waals surface area contributed by atoms with Crippen molar-refractivity contribution in [1.29, 1.82) is 0 Å². The maximum atomic E-state index is 13.2. The first-order chi connectivity index (χ1) is 6.57. The Labute approximate surface area is 90.9 Å². The van der Waals surface area contributed by atoms with Crippen molar-refractivity contribution in [2.24, 2.45) is 0 Å². The molecule has 2 N–H and O–H groups in total. The smallest absolute Gasteiger partial charge is 0.130 e. The quantitative estimate of drug-likeness (QED) is 0.793. The minimum Gasteiger partial charge on any atom is -0.389 e. The van der Waals surface area contributed by atoms with Crippen molar-refractivity contribution in [2.45, 2.75) is 12.2 Å². The molecular formula is C9H9Cl2FO2. The van der Waals surface area contributed by atoms with E-state index in [-0.39, 0.29) is 16.5 Å². The molecule has 2 atom stereocenters. The van der Waals surface area contributed by atoms with Crippen molar-refractivity contribution < 1.29 is 14.6 Å². The molecule has 0 saturated carbocycles. The van der Waals surface area contributed by atoms with Gasteiger partial charge in [0.15, 0.2) is 0 Å². The molecule has 0 aliphatic heterocycles. The van der Waals surface area contributed by atoms with Crippen LogP contribution in [0, 0.1) is 5.82 Å². The van der Waals surface area contributed by atoms with Gasteiger partial charge in [-0.1, -0.05) is 17.7 Å². The maximum Gasteiger partial charge on any atom is 0.130 e. The van der Waals surface area contributed by atoms with Crippen molar-refractivity contribution in [3.8, 4) is 0 Å². The zero-order valence-electron chi connectivity index (χ0n) is 7.12. The lowest BCUT2D eigenvalue weighted by Crippen LogP contribution is -2.21. The lowest BCUT2D eigenvalue weighted by atomic mass is 10.0. The standard InChI is InChI=1S/C9H9Cl2FO2/c10-4-7(13)9(14)8-5(11)2-1-3-6(8)12/h1-3,7,9,13-14H,4H2. The predicted octanol–water partition coefficient (Wildman–Crippen LogP) is 2.11. The number of aliphatic hydroxyl groups is 2. The Morgan fingerprint density at radius 1 is 1.36 bits per heavy atom. The molecule has 0 bridgehead atoms. The molecule has 1 aromatic carbocycles. The highest BCUT2D eigenvalue weighted by Gasteiger charge is 2.23. The fourth-order valence-corrected chi connectivity index (χ4v) is 1.51. The molecule has 1 aromatic rings. The zero-order chi connectivity index (χ0) is 10.7. The minimum atomic E-state index is -1.40. The third-order valence-corrected chi connectivity index (χ3v) is 2.46. The summed E-state index contributed by atoms with van der Waals surface area (Å²) < 4.78 is 13.2. The lowest BCUT2D eigenvalue weighted by molar-refractivity contribution is 0.0305. The predicted molar refractivity (Wildman–Crippen MR) is 53.1 cm³/mol. The second-order valence-corrected chi connectivity index (χ2v) is 3.52. The molecule has 5 heteroatoms. The molecule has 14 heavy (non-hydrogen) atoms. The first-order valence-corrected chi connectivity index (χ1v) is 4.85. The molecule has 0 aromatic heterocycles. The van der Waals surface area contributed by atoms with E-state index in [4.69, 9.17) is 23.2 Å². The van der Waals surface area contributed by atoms with Crippen LogP contribution in [0.1, 0.15) is 11.7 Å². The molecule has 78 valence electrons. The molecule has 0 radical (unpaired) electrons. The van der Waals surface area contributed by atoms with Gasteiger partial charge in [0, 0.05) is 10.6 Å². The molecular weight excluding hydrogens is 230 g/mol. The summed E-state index contributed by atoms with van der Waals surface area (Å²) in [7, 11) is 0. The van der Waals surface area contributed by atoms with Gasteiger partial charge in [-0.2, -0.15) is 0 Å². The van der Waals surface area contributed by atoms with Crippen LogP contribution < -0.4 is 0 Å². The molecule has 2 unspecified atom stereocenters. The average molecular weight is 239 g/mol. The number of aliphatic hydroxyl groups excluding tert-OH is 2. The molecule has 0 amide bonds. The number of alkyl halides is 1. The normalized spacial score (nSPS) is 15.2. The summed E-state index contributed by atoms with van der Waals surface area (Å²) in [6, 6.07) is 4.01. The van der Waals surface area contributed by atoms with E-state index >= 15 is 0 Å². The molecule has 1 rings (SSSR count). The largest absolute Gasteiger partial charge is 0.389 e. The van der Waals surface area contributed by atoms with E-state index in [1.165, 1.54) is 12.1 Å². The Bertz CT molecular complexity index is 299. The highest BCUT2D eigenvalue weighted by atomic mass is 35.5. The number of hydrogen-bond acceptors (Lipinski definition) is 2. The lowest BCUT2D eigenvalue weighted by Gasteiger charge is -2.17. The Balaban J connectivity index is 3.05. The Morgan fingerprint density at radius 2 is 2.00 bits per heavy atom. The monoisotopic (exact) mass is 238 g/mol. The van der Waals surface area contributed by atoms with Gasteiger partial charge in [0.05, 0.1) is 12.0 Å². The molecule has 0 aliphatic rings. The summed E-state index contributed by atoms with van der Waals surface area (Å²) >= 11 is 11.0. The van der Waals surface area contributed by atoms with Crippen LogP contribution in [0.4, 0.5) is 4.39 Å². The van der Waals surface area contributed by atoms with E-state index in [0.717, 1.165) is 6.07 Å². The van der Waals surface area contributed by atoms with Crippen LogP contribution in [-0.2, 0) is 0 Å². The topological polar surface area (TPSA) is 40.5 Å². The molecule has 0 heterocycles. The highest BCUT2D eigenvalue weighted by molar-refractivity contribution is 6.31. The fourth-order valence-electron chi connectivity index (χ4n) is 1.07. The van der Waals surface area contributed by atoms with Crippen molar-refractivity contribution in [3.63, 3.8) is 0 Å². The fraction of sp³-hybridized carbons (Fsp3) is 0.333. The Morgan fingerprint density at radius 3 is 2.50 bits per heavy atom. The first-order valence-electron chi connectivity index (χ1n) is 3.94. The maximum absolute atomic E-state index is 13.2. The Kier molecular flexibility index (Phi) is 4.13. The molecule has 0 fully saturated rings. The van der Waals surface area contributed by atoms with Crippen molar-refractivity contribution in [2.75, 3.05) is 5.88 Å². The van der Waals surface area contributed by atoms with E-state index in [0.29, 0.717) is 0 Å². The number of benzene rings is 1. The third kappa shape index (κ3) is 2.36. The van der Waals surface area contributed by atoms with Gasteiger partial charge in [-0.05, 0) is 12.1 Å². The second-order valence-electron chi connectivity index (χ2n) is 2.80. The molecule has 0 aliphatic carbocycles. The third-order valence-electron chi connectivity index (χ3n) is 1.82. The van der Waals surface area contributed by atoms with E-state index in [1.807, 2.05) is 0 Å². The van der Waals surface area contributed by atoms with Crippen LogP contribution in [0.25, 0.3) is 0 Å². The van der Waals surface area contributed by atoms with Crippen LogP contribution in [0.5, 0.6) is 0 Å². The zero-order valence-corrected chi connectivity index (χ0v) is 8.63. The number of halogens is 3. The van der Waals surface area contributed by atoms with Crippen LogP contribution in [-0.4, -0.2) is 22.2 Å². The highest BCUT2D eigenvalue weighted by Crippen LogP contribution is 2.28. The summed E-state index contributed by atoms with van der Waals surface area (Å²) in [6.45, 7) is 0. The van der Waals surface area contributed by atoms with E-state index < -0.39 is 18.0 Å². The van der Waals surface area contributed by atoms with Crippen molar-refractivity contribution >= 4 is 23.2 Å². The first kappa shape index (κ1) is 11.7. The van der Waals surface area contributed by atoms with E-state index in [2.05, 4.69) is 0 Å². The van der Waals surface area contributed by atoms with Crippen molar-refractivity contribution in [1.82, 2.24) is 0 Å². The summed E-state index contributed by atoms with van der Waals surface area (Å²) in [5, 5.41) is 18.8. The second kappa shape index (κ2) is 4.94. The van der Waals surface area contributed by atoms with Crippen molar-refractivity contribution in [3.05, 3.63) is 34.6 Å². The van der Waals surface area contributed by atoms with Gasteiger partial charge in [0.1, 0.15) is 11.9 Å². The average Bonchev–Trinajstić information content (AvgIpc) is 2.16. The summed E-state index contributed by atoms with van der Waals surface area (Å²) in [6.07, 6.45) is -2.63. The van der Waals surface area contributed by atoms with Crippen LogP contribution in [0.3, 0.4) is 0 Å². The van der Waals surface area contributed by atoms with E-state index in [9.17, 15) is 14.6 Å². The summed E-state index contributed by atoms with van der Waals surface area (Å²) in [4.78, 5) is 0. The van der Waals surface area contributed by atoms with Crippen LogP contribution in [0.2, 0.25) is 5.02 Å². The SMILES string of the molecule is OC(CCl)C(O)c1c(F)cccc1Cl. The van der Waals surface area contributed by atoms with Crippen LogP contribution >= 0.6 is 23.2 Å². The van der Waals surface area contributed by atoms with Gasteiger partial charge in [0.25, 0.3) is 0 Å². The van der Waals surface area contributed by atoms with Gasteiger partial charge in [-0.3, -0.25) is 0 Å². The summed E-state index contributed by atoms with van der Waals surface area (Å²) in [5.41, 5.74) is -0.123. The van der Waals surface area contributed by atoms with Crippen LogP contribution in [0.15, 0.2) is 18.2 Å². The molecule has 2 nitrogen and oxygen atoms in total. The molecule has 0 spiro atoms. The minimum absolute atomic E-state index is 0.0710. The van der Waals surface area contributed by atoms with Gasteiger partial charge in [0.2, 0.25) is 0 Å². The van der Waals surface area contributed by atoms with Gasteiger partial charge in [-0.15, -0.1) is 11.6 Å². The summed E-state index contributed by atoms with van der Waals surface area (Å²) in [5.74, 6) is -0.847. The van der Waals surface area contributed by atoms with Gasteiger partial charge < -0.3 is 10.2 Å². The number of hydrogen-bond donors (Lipinski definition) is 2. The van der Waals surface area contributed by atoms with Gasteiger partial charge in [-0.25, -0.2) is 4.39 Å². The number of rotatable bonds is 3.